The minimum Gasteiger partial charge on any atom is -0.444 e. The highest BCUT2D eigenvalue weighted by Gasteiger charge is 2.23. The average Bonchev–Trinajstić information content (AvgIpc) is 3.15. The fraction of sp³-hybridized carbons (Fsp3) is 0.300. The lowest BCUT2D eigenvalue weighted by molar-refractivity contribution is 0.0501. The highest BCUT2D eigenvalue weighted by molar-refractivity contribution is 6.30. The van der Waals surface area contributed by atoms with E-state index in [9.17, 15) is 4.79 Å². The third-order valence-electron chi connectivity index (χ3n) is 3.93. The Kier molecular flexibility index (Phi) is 5.94. The van der Waals surface area contributed by atoms with Crippen molar-refractivity contribution in [2.24, 2.45) is 0 Å². The van der Waals surface area contributed by atoms with Crippen LogP contribution in [0.2, 0.25) is 5.02 Å². The van der Waals surface area contributed by atoms with Gasteiger partial charge < -0.3 is 10.1 Å². The van der Waals surface area contributed by atoms with Crippen molar-refractivity contribution in [3.05, 3.63) is 64.9 Å². The lowest BCUT2D eigenvalue weighted by Crippen LogP contribution is -2.36. The van der Waals surface area contributed by atoms with Gasteiger partial charge in [-0.2, -0.15) is 0 Å². The van der Waals surface area contributed by atoms with Gasteiger partial charge in [0.15, 0.2) is 5.82 Å². The second kappa shape index (κ2) is 8.39. The fourth-order valence-corrected chi connectivity index (χ4v) is 2.91. The van der Waals surface area contributed by atoms with E-state index < -0.39 is 17.7 Å². The van der Waals surface area contributed by atoms with Crippen molar-refractivity contribution >= 4 is 17.7 Å². The predicted octanol–water partition coefficient (Wildman–Crippen LogP) is 4.33. The van der Waals surface area contributed by atoms with Gasteiger partial charge in [0.25, 0.3) is 0 Å². The molecule has 0 radical (unpaired) electrons. The molecule has 0 bridgehead atoms. The van der Waals surface area contributed by atoms with Gasteiger partial charge in [0.05, 0.1) is 6.04 Å². The molecule has 28 heavy (non-hydrogen) atoms. The smallest absolute Gasteiger partial charge is 0.408 e. The third kappa shape index (κ3) is 5.53. The molecule has 1 heterocycles. The van der Waals surface area contributed by atoms with Crippen molar-refractivity contribution in [2.75, 3.05) is 0 Å². The maximum absolute atomic E-state index is 12.2. The molecule has 1 atom stereocenters. The number of carbonyl (C=O) groups excluding carboxylic acids is 1. The minimum atomic E-state index is -0.590. The van der Waals surface area contributed by atoms with Crippen LogP contribution in [0.4, 0.5) is 4.79 Å². The summed E-state index contributed by atoms with van der Waals surface area (Å²) in [6, 6.07) is 15.3. The molecule has 3 aromatic rings. The Balaban J connectivity index is 1.74. The zero-order valence-corrected chi connectivity index (χ0v) is 16.7. The van der Waals surface area contributed by atoms with Crippen molar-refractivity contribution in [3.63, 3.8) is 0 Å². The second-order valence-corrected chi connectivity index (χ2v) is 7.83. The molecule has 0 aliphatic carbocycles. The number of aromatic amines is 1. The number of tetrazole rings is 1. The monoisotopic (exact) mass is 399 g/mol. The van der Waals surface area contributed by atoms with Crippen LogP contribution >= 0.6 is 11.6 Å². The molecule has 146 valence electrons. The van der Waals surface area contributed by atoms with Gasteiger partial charge in [0.2, 0.25) is 0 Å². The molecular formula is C20H22ClN5O2. The van der Waals surface area contributed by atoms with Crippen LogP contribution < -0.4 is 5.32 Å². The Morgan fingerprint density at radius 2 is 1.93 bits per heavy atom. The molecule has 7 nitrogen and oxygen atoms in total. The fourth-order valence-electron chi connectivity index (χ4n) is 2.72. The van der Waals surface area contributed by atoms with Crippen molar-refractivity contribution in [1.82, 2.24) is 25.9 Å². The zero-order valence-electron chi connectivity index (χ0n) is 15.9. The summed E-state index contributed by atoms with van der Waals surface area (Å²) in [6.45, 7) is 5.43. The first-order valence-corrected chi connectivity index (χ1v) is 9.26. The Hall–Kier alpha value is -2.93. The number of ether oxygens (including phenoxy) is 1. The summed E-state index contributed by atoms with van der Waals surface area (Å²) in [5.74, 6) is 0.463. The molecule has 0 unspecified atom stereocenters. The molecule has 1 aromatic heterocycles. The Labute approximate surface area is 168 Å². The van der Waals surface area contributed by atoms with E-state index in [1.54, 1.807) is 0 Å². The normalized spacial score (nSPS) is 12.4. The number of alkyl carbamates (subject to hydrolysis) is 1. The first kappa shape index (κ1) is 19.8. The summed E-state index contributed by atoms with van der Waals surface area (Å²) in [6.07, 6.45) is -0.0178. The second-order valence-electron chi connectivity index (χ2n) is 7.40. The Morgan fingerprint density at radius 1 is 1.18 bits per heavy atom. The molecule has 0 saturated heterocycles. The first-order chi connectivity index (χ1) is 13.3. The van der Waals surface area contributed by atoms with E-state index in [0.29, 0.717) is 17.3 Å². The van der Waals surface area contributed by atoms with E-state index in [-0.39, 0.29) is 0 Å². The van der Waals surface area contributed by atoms with Crippen LogP contribution in [0.3, 0.4) is 0 Å². The molecule has 2 N–H and O–H groups in total. The molecule has 0 aliphatic rings. The van der Waals surface area contributed by atoms with Crippen molar-refractivity contribution in [3.8, 4) is 11.1 Å². The van der Waals surface area contributed by atoms with E-state index in [4.69, 9.17) is 16.3 Å². The van der Waals surface area contributed by atoms with Gasteiger partial charge in [-0.3, -0.25) is 0 Å². The molecule has 2 aromatic carbocycles. The number of hydrogen-bond acceptors (Lipinski definition) is 5. The number of aromatic nitrogens is 4. The molecule has 0 aliphatic heterocycles. The van der Waals surface area contributed by atoms with Crippen molar-refractivity contribution in [1.29, 1.82) is 0 Å². The van der Waals surface area contributed by atoms with E-state index in [1.807, 2.05) is 69.3 Å². The molecular weight excluding hydrogens is 378 g/mol. The SMILES string of the molecule is CC(C)(C)OC(=O)N[C@@H](Cc1ccc(-c2cccc(Cl)c2)cc1)c1nnn[nH]1. The maximum atomic E-state index is 12.2. The number of hydrogen-bond donors (Lipinski definition) is 2. The van der Waals surface area contributed by atoms with E-state index in [2.05, 4.69) is 25.9 Å². The quantitative estimate of drug-likeness (QED) is 0.666. The molecule has 8 heteroatoms. The summed E-state index contributed by atoms with van der Waals surface area (Å²) >= 11 is 6.07. The van der Waals surface area contributed by atoms with Crippen LogP contribution in [0, 0.1) is 0 Å². The molecule has 3 rings (SSSR count). The standard InChI is InChI=1S/C20H22ClN5O2/c1-20(2,3)28-19(27)22-17(18-23-25-26-24-18)11-13-7-9-14(10-8-13)15-5-4-6-16(21)12-15/h4-10,12,17H,11H2,1-3H3,(H,22,27)(H,23,24,25,26)/t17-/m0/s1. The number of carbonyl (C=O) groups is 1. The number of nitrogens with zero attached hydrogens (tertiary/aromatic N) is 3. The summed E-state index contributed by atoms with van der Waals surface area (Å²) in [4.78, 5) is 12.2. The lowest BCUT2D eigenvalue weighted by Gasteiger charge is -2.22. The summed E-state index contributed by atoms with van der Waals surface area (Å²) < 4.78 is 5.35. The highest BCUT2D eigenvalue weighted by Crippen LogP contribution is 2.24. The maximum Gasteiger partial charge on any atom is 0.408 e. The highest BCUT2D eigenvalue weighted by atomic mass is 35.5. The van der Waals surface area contributed by atoms with Crippen LogP contribution in [0.1, 0.15) is 38.2 Å². The van der Waals surface area contributed by atoms with Crippen molar-refractivity contribution < 1.29 is 9.53 Å². The van der Waals surface area contributed by atoms with Gasteiger partial charge in [0, 0.05) is 11.4 Å². The van der Waals surface area contributed by atoms with E-state index >= 15 is 0 Å². The van der Waals surface area contributed by atoms with Gasteiger partial charge in [0.1, 0.15) is 5.60 Å². The summed E-state index contributed by atoms with van der Waals surface area (Å²) in [7, 11) is 0. The van der Waals surface area contributed by atoms with E-state index in [0.717, 1.165) is 16.7 Å². The van der Waals surface area contributed by atoms with Crippen LogP contribution in [-0.2, 0) is 11.2 Å². The molecule has 0 saturated carbocycles. The lowest BCUT2D eigenvalue weighted by atomic mass is 10.0. The number of halogens is 1. The molecule has 0 spiro atoms. The first-order valence-electron chi connectivity index (χ1n) is 8.88. The number of rotatable bonds is 5. The van der Waals surface area contributed by atoms with Crippen LogP contribution in [-0.4, -0.2) is 32.3 Å². The van der Waals surface area contributed by atoms with Crippen molar-refractivity contribution in [2.45, 2.75) is 38.8 Å². The summed E-state index contributed by atoms with van der Waals surface area (Å²) in [5.41, 5.74) is 2.53. The van der Waals surface area contributed by atoms with Gasteiger partial charge in [-0.25, -0.2) is 9.89 Å². The minimum absolute atomic E-state index is 0.443. The van der Waals surface area contributed by atoms with Gasteiger partial charge >= 0.3 is 6.09 Å². The molecule has 0 fully saturated rings. The zero-order chi connectivity index (χ0) is 20.1. The number of nitrogens with one attached hydrogen (secondary N) is 2. The van der Waals surface area contributed by atoms with Gasteiger partial charge in [-0.1, -0.05) is 48.0 Å². The topological polar surface area (TPSA) is 92.8 Å². The van der Waals surface area contributed by atoms with Gasteiger partial charge in [-0.15, -0.1) is 5.10 Å². The van der Waals surface area contributed by atoms with Crippen LogP contribution in [0.5, 0.6) is 0 Å². The van der Waals surface area contributed by atoms with Crippen LogP contribution in [0.15, 0.2) is 48.5 Å². The van der Waals surface area contributed by atoms with E-state index in [1.165, 1.54) is 0 Å². The number of benzene rings is 2. The van der Waals surface area contributed by atoms with Crippen LogP contribution in [0.25, 0.3) is 11.1 Å². The average molecular weight is 400 g/mol. The molecule has 1 amide bonds. The summed E-state index contributed by atoms with van der Waals surface area (Å²) in [5, 5.41) is 17.4. The number of H-pyrrole nitrogens is 1. The predicted molar refractivity (Wildman–Crippen MR) is 107 cm³/mol. The Morgan fingerprint density at radius 3 is 2.54 bits per heavy atom. The Bertz CT molecular complexity index is 921. The number of amides is 1. The largest absolute Gasteiger partial charge is 0.444 e. The van der Waals surface area contributed by atoms with Gasteiger partial charge in [-0.05, 0) is 60.0 Å². The third-order valence-corrected chi connectivity index (χ3v) is 4.17.